The minimum Gasteiger partial charge on any atom is -0.496 e. The molecule has 0 radical (unpaired) electrons. The molecule has 2 aromatic heterocycles. The maximum atomic E-state index is 14.0. The number of aromatic nitrogens is 3. The first kappa shape index (κ1) is 29.2. The number of alkyl halides is 3. The molecule has 2 aliphatic rings. The number of carbonyl (C=O) groups is 1. The number of hydrogen-bond acceptors (Lipinski definition) is 7. The van der Waals surface area contributed by atoms with Crippen LogP contribution in [0.3, 0.4) is 0 Å². The average molecular weight is 617 g/mol. The number of rotatable bonds is 9. The summed E-state index contributed by atoms with van der Waals surface area (Å²) in [5.74, 6) is -0.410. The van der Waals surface area contributed by atoms with Gasteiger partial charge in [-0.1, -0.05) is 17.7 Å². The Bertz CT molecular complexity index is 1690. The lowest BCUT2D eigenvalue weighted by Gasteiger charge is -2.30. The van der Waals surface area contributed by atoms with Crippen molar-refractivity contribution in [3.63, 3.8) is 0 Å². The summed E-state index contributed by atoms with van der Waals surface area (Å²) >= 11 is 6.01. The van der Waals surface area contributed by atoms with Crippen LogP contribution in [0.25, 0.3) is 11.0 Å². The number of nitrogens with zero attached hydrogens (tertiary/aromatic N) is 4. The van der Waals surface area contributed by atoms with Crippen LogP contribution < -0.4 is 9.47 Å². The quantitative estimate of drug-likeness (QED) is 0.254. The molecule has 0 aliphatic carbocycles. The van der Waals surface area contributed by atoms with E-state index in [0.29, 0.717) is 71.3 Å². The lowest BCUT2D eigenvalue weighted by molar-refractivity contribution is -0.139. The Labute approximate surface area is 249 Å². The second-order valence-corrected chi connectivity index (χ2v) is 11.0. The van der Waals surface area contributed by atoms with Crippen molar-refractivity contribution in [1.29, 1.82) is 0 Å². The fraction of sp³-hybridized carbons (Fsp3) is 0.367. The van der Waals surface area contributed by atoms with Crippen LogP contribution in [0.5, 0.6) is 11.6 Å². The van der Waals surface area contributed by atoms with Gasteiger partial charge < -0.3 is 23.9 Å². The van der Waals surface area contributed by atoms with Crippen LogP contribution in [0.1, 0.15) is 45.0 Å². The molecule has 1 N–H and O–H groups in total. The third-order valence-corrected chi connectivity index (χ3v) is 8.00. The van der Waals surface area contributed by atoms with Crippen molar-refractivity contribution in [1.82, 2.24) is 19.4 Å². The first-order valence-corrected chi connectivity index (χ1v) is 14.1. The SMILES string of the molecule is COc1cc(Cl)ccc1COc1nc2c(cc1C(F)(F)F)CCN(Cc1nc3ccc(C(=O)O)cc3n1C[C@@H]1CCO1)C2. The number of aromatic carboxylic acids is 1. The Kier molecular flexibility index (Phi) is 7.92. The highest BCUT2D eigenvalue weighted by Gasteiger charge is 2.37. The van der Waals surface area contributed by atoms with Crippen LogP contribution in [-0.4, -0.2) is 56.9 Å². The molecule has 0 unspecified atom stereocenters. The van der Waals surface area contributed by atoms with Crippen molar-refractivity contribution < 1.29 is 37.3 Å². The summed E-state index contributed by atoms with van der Waals surface area (Å²) in [6.45, 7) is 2.19. The van der Waals surface area contributed by atoms with E-state index in [1.807, 2.05) is 4.57 Å². The number of imidazole rings is 1. The maximum absolute atomic E-state index is 14.0. The zero-order valence-corrected chi connectivity index (χ0v) is 23.9. The van der Waals surface area contributed by atoms with E-state index in [1.165, 1.54) is 13.2 Å². The Hall–Kier alpha value is -3.87. The Morgan fingerprint density at radius 2 is 2.00 bits per heavy atom. The molecule has 43 heavy (non-hydrogen) atoms. The number of halogens is 4. The third kappa shape index (κ3) is 6.13. The molecule has 0 bridgehead atoms. The van der Waals surface area contributed by atoms with Gasteiger partial charge in [0.1, 0.15) is 23.7 Å². The van der Waals surface area contributed by atoms with E-state index in [2.05, 4.69) is 9.88 Å². The van der Waals surface area contributed by atoms with Crippen molar-refractivity contribution in [3.8, 4) is 11.6 Å². The smallest absolute Gasteiger partial charge is 0.421 e. The summed E-state index contributed by atoms with van der Waals surface area (Å²) in [5, 5.41) is 9.94. The minimum absolute atomic E-state index is 0.00754. The molecule has 1 fully saturated rings. The Morgan fingerprint density at radius 3 is 2.70 bits per heavy atom. The predicted octanol–water partition coefficient (Wildman–Crippen LogP) is 5.74. The van der Waals surface area contributed by atoms with Crippen molar-refractivity contribution in [2.75, 3.05) is 20.3 Å². The average Bonchev–Trinajstić information content (AvgIpc) is 3.28. The van der Waals surface area contributed by atoms with Crippen LogP contribution in [0.4, 0.5) is 13.2 Å². The molecule has 9 nitrogen and oxygen atoms in total. The number of methoxy groups -OCH3 is 1. The van der Waals surface area contributed by atoms with Crippen LogP contribution in [0, 0.1) is 0 Å². The second-order valence-electron chi connectivity index (χ2n) is 10.6. The first-order valence-electron chi connectivity index (χ1n) is 13.7. The molecule has 1 atom stereocenters. The van der Waals surface area contributed by atoms with Gasteiger partial charge in [0.15, 0.2) is 0 Å². The van der Waals surface area contributed by atoms with Crippen LogP contribution >= 0.6 is 11.6 Å². The summed E-state index contributed by atoms with van der Waals surface area (Å²) in [7, 11) is 1.45. The van der Waals surface area contributed by atoms with E-state index >= 15 is 0 Å². The van der Waals surface area contributed by atoms with Gasteiger partial charge in [0.25, 0.3) is 0 Å². The highest BCUT2D eigenvalue weighted by molar-refractivity contribution is 6.30. The fourth-order valence-electron chi connectivity index (χ4n) is 5.39. The highest BCUT2D eigenvalue weighted by atomic mass is 35.5. The van der Waals surface area contributed by atoms with Gasteiger partial charge in [0.05, 0.1) is 48.6 Å². The molecule has 0 saturated carbocycles. The number of pyridine rings is 1. The number of ether oxygens (including phenoxy) is 3. The van der Waals surface area contributed by atoms with E-state index in [1.54, 1.807) is 30.3 Å². The van der Waals surface area contributed by atoms with Gasteiger partial charge in [0.2, 0.25) is 5.88 Å². The third-order valence-electron chi connectivity index (χ3n) is 7.76. The number of fused-ring (bicyclic) bond motifs is 2. The van der Waals surface area contributed by atoms with Gasteiger partial charge in [0, 0.05) is 30.3 Å². The summed E-state index contributed by atoms with van der Waals surface area (Å²) in [5.41, 5.74) is 2.14. The molecule has 4 heterocycles. The molecule has 6 rings (SSSR count). The molecule has 4 aromatic rings. The molecular formula is C30H28ClF3N4O5. The molecule has 13 heteroatoms. The largest absolute Gasteiger partial charge is 0.496 e. The van der Waals surface area contributed by atoms with Gasteiger partial charge in [-0.25, -0.2) is 14.8 Å². The Morgan fingerprint density at radius 1 is 1.19 bits per heavy atom. The molecule has 0 spiro atoms. The molecule has 226 valence electrons. The summed E-state index contributed by atoms with van der Waals surface area (Å²) in [6, 6.07) is 10.8. The van der Waals surface area contributed by atoms with Crippen molar-refractivity contribution in [3.05, 3.63) is 81.3 Å². The summed E-state index contributed by atoms with van der Waals surface area (Å²) < 4.78 is 60.7. The first-order chi connectivity index (χ1) is 20.6. The Balaban J connectivity index is 1.27. The zero-order chi connectivity index (χ0) is 30.3. The molecule has 1 saturated heterocycles. The molecule has 2 aromatic carbocycles. The van der Waals surface area contributed by atoms with Gasteiger partial charge in [-0.3, -0.25) is 4.90 Å². The standard InChI is InChI=1S/C30H28ClF3N4O5/c1-41-26-12-20(31)4-2-19(26)16-43-28-22(30(32,33)34)10-17-6-8-37(14-24(17)36-28)15-27-35-23-5-3-18(29(39)40)11-25(23)38(27)13-21-7-9-42-21/h2-5,10-12,21H,6-9,13-16H2,1H3,(H,39,40)/t21-/m0/s1. The van der Waals surface area contributed by atoms with Gasteiger partial charge in [-0.05, 0) is 54.8 Å². The van der Waals surface area contributed by atoms with Gasteiger partial charge in [-0.15, -0.1) is 0 Å². The summed E-state index contributed by atoms with van der Waals surface area (Å²) in [4.78, 5) is 22.8. The normalized spacial score (nSPS) is 17.0. The van der Waals surface area contributed by atoms with E-state index < -0.39 is 23.6 Å². The van der Waals surface area contributed by atoms with Crippen LogP contribution in [-0.2, 0) is 43.6 Å². The lowest BCUT2D eigenvalue weighted by Crippen LogP contribution is -2.34. The van der Waals surface area contributed by atoms with Crippen LogP contribution in [0.15, 0.2) is 42.5 Å². The van der Waals surface area contributed by atoms with E-state index in [0.717, 1.165) is 18.3 Å². The maximum Gasteiger partial charge on any atom is 0.421 e. The van der Waals surface area contributed by atoms with Gasteiger partial charge in [-0.2, -0.15) is 13.2 Å². The van der Waals surface area contributed by atoms with E-state index in [4.69, 9.17) is 30.8 Å². The predicted molar refractivity (Wildman–Crippen MR) is 150 cm³/mol. The van der Waals surface area contributed by atoms with Crippen LogP contribution in [0.2, 0.25) is 5.02 Å². The van der Waals surface area contributed by atoms with Gasteiger partial charge >= 0.3 is 12.1 Å². The van der Waals surface area contributed by atoms with E-state index in [-0.39, 0.29) is 24.8 Å². The number of benzene rings is 2. The number of carboxylic acid groups (broad SMARTS) is 1. The monoisotopic (exact) mass is 616 g/mol. The van der Waals surface area contributed by atoms with Crippen molar-refractivity contribution >= 4 is 28.6 Å². The topological polar surface area (TPSA) is 98.9 Å². The van der Waals surface area contributed by atoms with Crippen molar-refractivity contribution in [2.45, 2.75) is 51.4 Å². The molecule has 2 aliphatic heterocycles. The summed E-state index contributed by atoms with van der Waals surface area (Å²) in [6.07, 6.45) is -3.38. The van der Waals surface area contributed by atoms with Crippen molar-refractivity contribution in [2.24, 2.45) is 0 Å². The molecule has 0 amide bonds. The number of hydrogen-bond donors (Lipinski definition) is 1. The lowest BCUT2D eigenvalue weighted by atomic mass is 10.0. The fourth-order valence-corrected chi connectivity index (χ4v) is 5.55. The zero-order valence-electron chi connectivity index (χ0n) is 23.2. The highest BCUT2D eigenvalue weighted by Crippen LogP contribution is 2.38. The number of carboxylic acids is 1. The second kappa shape index (κ2) is 11.7. The van der Waals surface area contributed by atoms with E-state index in [9.17, 15) is 23.1 Å². The minimum atomic E-state index is -4.65. The molecular weight excluding hydrogens is 589 g/mol.